The monoisotopic (exact) mass is 864 g/mol. The number of carbonyl (C=O) groups excluding carboxylic acids is 2. The van der Waals surface area contributed by atoms with Gasteiger partial charge in [-0.05, 0) is 25.7 Å². The molecule has 6 heteroatoms. The second kappa shape index (κ2) is 51.5. The van der Waals surface area contributed by atoms with Crippen molar-refractivity contribution in [2.24, 2.45) is 0 Å². The Morgan fingerprint density at radius 2 is 0.672 bits per heavy atom. The highest BCUT2D eigenvalue weighted by atomic mass is 16.5. The summed E-state index contributed by atoms with van der Waals surface area (Å²) in [7, 11) is 0. The van der Waals surface area contributed by atoms with Gasteiger partial charge >= 0.3 is 5.97 Å². The molecule has 0 aliphatic rings. The van der Waals surface area contributed by atoms with Gasteiger partial charge in [0, 0.05) is 12.8 Å². The van der Waals surface area contributed by atoms with Crippen LogP contribution in [0.1, 0.15) is 316 Å². The van der Waals surface area contributed by atoms with Crippen LogP contribution < -0.4 is 5.32 Å². The topological polar surface area (TPSA) is 95.9 Å². The summed E-state index contributed by atoms with van der Waals surface area (Å²) in [6.45, 7) is 4.93. The Balaban J connectivity index is 3.45. The van der Waals surface area contributed by atoms with Crippen molar-refractivity contribution in [1.82, 2.24) is 5.32 Å². The van der Waals surface area contributed by atoms with Crippen LogP contribution >= 0.6 is 0 Å². The molecule has 2 unspecified atom stereocenters. The van der Waals surface area contributed by atoms with E-state index in [1.165, 1.54) is 225 Å². The number of hydrogen-bond donors (Lipinski definition) is 3. The van der Waals surface area contributed by atoms with Crippen molar-refractivity contribution in [1.29, 1.82) is 0 Å². The highest BCUT2D eigenvalue weighted by Gasteiger charge is 2.20. The van der Waals surface area contributed by atoms with Gasteiger partial charge in [-0.1, -0.05) is 277 Å². The smallest absolute Gasteiger partial charge is 0.305 e. The van der Waals surface area contributed by atoms with Crippen LogP contribution in [0.3, 0.4) is 0 Å². The maximum absolute atomic E-state index is 12.5. The van der Waals surface area contributed by atoms with Gasteiger partial charge in [0.05, 0.1) is 25.4 Å². The lowest BCUT2D eigenvalue weighted by molar-refractivity contribution is -0.143. The number of hydrogen-bond acceptors (Lipinski definition) is 5. The summed E-state index contributed by atoms with van der Waals surface area (Å²) in [4.78, 5) is 24.5. The van der Waals surface area contributed by atoms with E-state index in [0.717, 1.165) is 57.8 Å². The quantitative estimate of drug-likeness (QED) is 0.0418. The average Bonchev–Trinajstić information content (AvgIpc) is 3.26. The van der Waals surface area contributed by atoms with Crippen LogP contribution in [0.25, 0.3) is 0 Å². The summed E-state index contributed by atoms with van der Waals surface area (Å²) in [5.41, 5.74) is 0. The lowest BCUT2D eigenvalue weighted by Crippen LogP contribution is -2.45. The fourth-order valence-electron chi connectivity index (χ4n) is 8.88. The molecule has 61 heavy (non-hydrogen) atoms. The van der Waals surface area contributed by atoms with E-state index in [1.54, 1.807) is 0 Å². The lowest BCUT2D eigenvalue weighted by atomic mass is 10.0. The Hall–Kier alpha value is -1.14. The molecule has 0 spiro atoms. The molecule has 0 rings (SSSR count). The first kappa shape index (κ1) is 59.9. The van der Waals surface area contributed by atoms with Crippen LogP contribution in [0.2, 0.25) is 0 Å². The third-order valence-corrected chi connectivity index (χ3v) is 13.2. The molecule has 0 aromatic carbocycles. The molecular weight excluding hydrogens is 755 g/mol. The highest BCUT2D eigenvalue weighted by molar-refractivity contribution is 5.76. The zero-order chi connectivity index (χ0) is 44.4. The number of carbonyl (C=O) groups is 2. The summed E-state index contributed by atoms with van der Waals surface area (Å²) in [5, 5.41) is 23.3. The molecule has 0 bridgehead atoms. The molecule has 2 atom stereocenters. The number of esters is 1. The van der Waals surface area contributed by atoms with Gasteiger partial charge in [0.1, 0.15) is 0 Å². The zero-order valence-electron chi connectivity index (χ0n) is 41.4. The van der Waals surface area contributed by atoms with Crippen LogP contribution in [0, 0.1) is 0 Å². The van der Waals surface area contributed by atoms with Crippen molar-refractivity contribution in [3.63, 3.8) is 0 Å². The molecule has 0 aliphatic heterocycles. The fourth-order valence-corrected chi connectivity index (χ4v) is 8.88. The molecule has 6 nitrogen and oxygen atoms in total. The van der Waals surface area contributed by atoms with E-state index < -0.39 is 12.1 Å². The van der Waals surface area contributed by atoms with E-state index in [2.05, 4.69) is 19.2 Å². The Kier molecular flexibility index (Phi) is 50.5. The van der Waals surface area contributed by atoms with Gasteiger partial charge in [0.15, 0.2) is 0 Å². The predicted octanol–water partition coefficient (Wildman–Crippen LogP) is 16.7. The van der Waals surface area contributed by atoms with Gasteiger partial charge in [-0.25, -0.2) is 0 Å². The van der Waals surface area contributed by atoms with Crippen molar-refractivity contribution >= 4 is 11.9 Å². The van der Waals surface area contributed by atoms with Crippen LogP contribution in [-0.4, -0.2) is 47.4 Å². The van der Waals surface area contributed by atoms with E-state index in [-0.39, 0.29) is 18.5 Å². The van der Waals surface area contributed by atoms with Crippen molar-refractivity contribution < 1.29 is 24.5 Å². The number of amides is 1. The molecule has 0 aromatic rings. The minimum Gasteiger partial charge on any atom is -0.466 e. The van der Waals surface area contributed by atoms with E-state index in [1.807, 2.05) is 0 Å². The second-order valence-electron chi connectivity index (χ2n) is 19.3. The molecule has 0 fully saturated rings. The van der Waals surface area contributed by atoms with Gasteiger partial charge in [-0.3, -0.25) is 9.59 Å². The Bertz CT molecular complexity index is 867. The molecule has 364 valence electrons. The molecule has 0 heterocycles. The number of aliphatic hydroxyl groups excluding tert-OH is 2. The standard InChI is InChI=1S/C55H109NO5/c1-3-5-7-9-11-13-15-17-19-20-21-22-24-25-27-31-35-39-43-47-53(58)52(51-57)56-54(59)48-44-40-36-32-29-30-34-38-42-46-50-61-55(60)49-45-41-37-33-28-26-23-18-16-14-12-10-8-6-4-2/h52-53,57-58H,3-51H2,1-2H3,(H,56,59). The summed E-state index contributed by atoms with van der Waals surface area (Å²) >= 11 is 0. The zero-order valence-corrected chi connectivity index (χ0v) is 41.4. The average molecular weight is 864 g/mol. The Morgan fingerprint density at radius 3 is 1.00 bits per heavy atom. The van der Waals surface area contributed by atoms with Gasteiger partial charge in [0.2, 0.25) is 5.91 Å². The molecule has 0 aromatic heterocycles. The van der Waals surface area contributed by atoms with Crippen LogP contribution in [-0.2, 0) is 14.3 Å². The third-order valence-electron chi connectivity index (χ3n) is 13.2. The number of ether oxygens (including phenoxy) is 1. The third kappa shape index (κ3) is 48.2. The van der Waals surface area contributed by atoms with Crippen molar-refractivity contribution in [3.8, 4) is 0 Å². The van der Waals surface area contributed by atoms with Crippen molar-refractivity contribution in [3.05, 3.63) is 0 Å². The predicted molar refractivity (Wildman–Crippen MR) is 264 cm³/mol. The second-order valence-corrected chi connectivity index (χ2v) is 19.3. The van der Waals surface area contributed by atoms with Gasteiger partial charge in [-0.15, -0.1) is 0 Å². The summed E-state index contributed by atoms with van der Waals surface area (Å²) in [6, 6.07) is -0.557. The molecule has 1 amide bonds. The van der Waals surface area contributed by atoms with Crippen LogP contribution in [0.5, 0.6) is 0 Å². The Labute approximate surface area is 381 Å². The maximum Gasteiger partial charge on any atom is 0.305 e. The summed E-state index contributed by atoms with van der Waals surface area (Å²) < 4.78 is 5.46. The van der Waals surface area contributed by atoms with E-state index >= 15 is 0 Å². The largest absolute Gasteiger partial charge is 0.466 e. The number of nitrogens with one attached hydrogen (secondary N) is 1. The molecular formula is C55H109NO5. The van der Waals surface area contributed by atoms with Crippen molar-refractivity contribution in [2.75, 3.05) is 13.2 Å². The lowest BCUT2D eigenvalue weighted by Gasteiger charge is -2.22. The maximum atomic E-state index is 12.5. The number of aliphatic hydroxyl groups is 2. The minimum atomic E-state index is -0.677. The summed E-state index contributed by atoms with van der Waals surface area (Å²) in [5.74, 6) is -0.0684. The van der Waals surface area contributed by atoms with Gasteiger partial charge < -0.3 is 20.3 Å². The van der Waals surface area contributed by atoms with Gasteiger partial charge in [0.25, 0.3) is 0 Å². The summed E-state index contributed by atoms with van der Waals surface area (Å²) in [6.07, 6.45) is 57.9. The first-order valence-electron chi connectivity index (χ1n) is 27.8. The molecule has 0 saturated heterocycles. The minimum absolute atomic E-state index is 0.0147. The van der Waals surface area contributed by atoms with E-state index in [0.29, 0.717) is 25.9 Å². The number of rotatable bonds is 52. The number of unbranched alkanes of at least 4 members (excludes halogenated alkanes) is 41. The first-order valence-corrected chi connectivity index (χ1v) is 27.8. The fraction of sp³-hybridized carbons (Fsp3) is 0.964. The van der Waals surface area contributed by atoms with E-state index in [9.17, 15) is 19.8 Å². The molecule has 0 saturated carbocycles. The van der Waals surface area contributed by atoms with E-state index in [4.69, 9.17) is 4.74 Å². The Morgan fingerprint density at radius 1 is 0.393 bits per heavy atom. The van der Waals surface area contributed by atoms with Crippen LogP contribution in [0.15, 0.2) is 0 Å². The molecule has 0 radical (unpaired) electrons. The van der Waals surface area contributed by atoms with Crippen LogP contribution in [0.4, 0.5) is 0 Å². The SMILES string of the molecule is CCCCCCCCCCCCCCCCCCCCCC(O)C(CO)NC(=O)CCCCCCCCCCCCOC(=O)CCCCCCCCCCCCCCCCC. The van der Waals surface area contributed by atoms with Gasteiger partial charge in [-0.2, -0.15) is 0 Å². The highest BCUT2D eigenvalue weighted by Crippen LogP contribution is 2.18. The molecule has 3 N–H and O–H groups in total. The normalized spacial score (nSPS) is 12.5. The first-order chi connectivity index (χ1) is 30.0. The molecule has 0 aliphatic carbocycles. The van der Waals surface area contributed by atoms with Crippen molar-refractivity contribution in [2.45, 2.75) is 328 Å².